The number of halogens is 1. The molecule has 0 aliphatic carbocycles. The molecule has 0 amide bonds. The highest BCUT2D eigenvalue weighted by molar-refractivity contribution is 5.71. The highest BCUT2D eigenvalue weighted by atomic mass is 19.1. The maximum atomic E-state index is 14.4. The van der Waals surface area contributed by atoms with E-state index in [4.69, 9.17) is 9.47 Å². The maximum Gasteiger partial charge on any atom is 0.131 e. The van der Waals surface area contributed by atoms with Crippen molar-refractivity contribution in [3.63, 3.8) is 0 Å². The van der Waals surface area contributed by atoms with Gasteiger partial charge in [-0.1, -0.05) is 46.8 Å². The third-order valence-corrected chi connectivity index (χ3v) is 3.67. The summed E-state index contributed by atoms with van der Waals surface area (Å²) >= 11 is 0. The Kier molecular flexibility index (Phi) is 7.43. The molecule has 2 rings (SSSR count). The van der Waals surface area contributed by atoms with Crippen molar-refractivity contribution in [1.82, 2.24) is 0 Å². The Hall–Kier alpha value is -1.87. The molecule has 0 atom stereocenters. The molecule has 3 heteroatoms. The fourth-order valence-electron chi connectivity index (χ4n) is 2.56. The molecular weight excluding hydrogens is 303 g/mol. The minimum atomic E-state index is -0.249. The van der Waals surface area contributed by atoms with Gasteiger partial charge >= 0.3 is 0 Å². The first-order chi connectivity index (χ1) is 11.4. The Bertz CT molecular complexity index is 657. The van der Waals surface area contributed by atoms with E-state index in [9.17, 15) is 4.39 Å². The van der Waals surface area contributed by atoms with Gasteiger partial charge in [0.05, 0.1) is 13.7 Å². The average molecular weight is 332 g/mol. The molecule has 0 spiro atoms. The molecule has 0 bridgehead atoms. The number of hydrogen-bond donors (Lipinski definition) is 0. The minimum absolute atomic E-state index is 0.0869. The van der Waals surface area contributed by atoms with E-state index >= 15 is 0 Å². The Balaban J connectivity index is 0.00000139. The lowest BCUT2D eigenvalue weighted by Crippen LogP contribution is -2.13. The molecule has 2 aromatic carbocycles. The van der Waals surface area contributed by atoms with Crippen LogP contribution in [0.25, 0.3) is 11.1 Å². The molecule has 0 radical (unpaired) electrons. The second-order valence-electron chi connectivity index (χ2n) is 6.41. The quantitative estimate of drug-likeness (QED) is 0.686. The van der Waals surface area contributed by atoms with E-state index in [-0.39, 0.29) is 11.2 Å². The van der Waals surface area contributed by atoms with Crippen LogP contribution in [0.1, 0.15) is 45.7 Å². The zero-order valence-corrected chi connectivity index (χ0v) is 15.9. The van der Waals surface area contributed by atoms with Crippen LogP contribution in [0.4, 0.5) is 4.39 Å². The van der Waals surface area contributed by atoms with E-state index in [2.05, 4.69) is 26.8 Å². The first kappa shape index (κ1) is 20.2. The number of hydrogen-bond acceptors (Lipinski definition) is 2. The van der Waals surface area contributed by atoms with Gasteiger partial charge in [-0.05, 0) is 46.4 Å². The number of ether oxygens (including phenoxy) is 2. The zero-order valence-electron chi connectivity index (χ0n) is 15.9. The smallest absolute Gasteiger partial charge is 0.131 e. The minimum Gasteiger partial charge on any atom is -0.497 e. The summed E-state index contributed by atoms with van der Waals surface area (Å²) in [5.41, 5.74) is 3.48. The number of methoxy groups -OCH3 is 2. The van der Waals surface area contributed by atoms with Crippen LogP contribution in [0.3, 0.4) is 0 Å². The molecule has 0 aliphatic heterocycles. The van der Waals surface area contributed by atoms with E-state index in [1.54, 1.807) is 26.4 Å². The standard InChI is InChI=1S/C19H23FO2.C2H6/c1-19(2,3)17-8-6-13(12-21-4)10-15(17)16-11-14(22-5)7-9-18(16)20;1-2/h6-11H,12H2,1-5H3;1-2H3. The molecule has 0 aromatic heterocycles. The fourth-order valence-corrected chi connectivity index (χ4v) is 2.56. The Labute approximate surface area is 145 Å². The van der Waals surface area contributed by atoms with Crippen LogP contribution >= 0.6 is 0 Å². The lowest BCUT2D eigenvalue weighted by Gasteiger charge is -2.24. The van der Waals surface area contributed by atoms with Crippen molar-refractivity contribution >= 4 is 0 Å². The predicted octanol–water partition coefficient (Wildman–Crippen LogP) is 5.97. The van der Waals surface area contributed by atoms with E-state index in [1.165, 1.54) is 6.07 Å². The summed E-state index contributed by atoms with van der Waals surface area (Å²) in [6, 6.07) is 10.9. The molecular formula is C21H29FO2. The average Bonchev–Trinajstić information content (AvgIpc) is 2.56. The van der Waals surface area contributed by atoms with Gasteiger partial charge in [-0.25, -0.2) is 4.39 Å². The second-order valence-corrected chi connectivity index (χ2v) is 6.41. The lowest BCUT2D eigenvalue weighted by atomic mass is 9.81. The summed E-state index contributed by atoms with van der Waals surface area (Å²) in [7, 11) is 3.24. The van der Waals surface area contributed by atoms with Crippen LogP contribution in [0.15, 0.2) is 36.4 Å². The monoisotopic (exact) mass is 332 g/mol. The van der Waals surface area contributed by atoms with Gasteiger partial charge in [-0.15, -0.1) is 0 Å². The van der Waals surface area contributed by atoms with Gasteiger partial charge in [0, 0.05) is 12.7 Å². The van der Waals surface area contributed by atoms with Crippen LogP contribution in [-0.4, -0.2) is 14.2 Å². The molecule has 24 heavy (non-hydrogen) atoms. The highest BCUT2D eigenvalue weighted by Crippen LogP contribution is 2.36. The molecule has 0 unspecified atom stereocenters. The molecule has 0 saturated heterocycles. The van der Waals surface area contributed by atoms with E-state index < -0.39 is 0 Å². The van der Waals surface area contributed by atoms with Crippen molar-refractivity contribution in [1.29, 1.82) is 0 Å². The third kappa shape index (κ3) is 4.81. The second kappa shape index (κ2) is 8.84. The van der Waals surface area contributed by atoms with Crippen molar-refractivity contribution in [3.05, 3.63) is 53.3 Å². The van der Waals surface area contributed by atoms with Crippen molar-refractivity contribution in [2.75, 3.05) is 14.2 Å². The molecule has 0 heterocycles. The van der Waals surface area contributed by atoms with Gasteiger partial charge < -0.3 is 9.47 Å². The largest absolute Gasteiger partial charge is 0.497 e. The van der Waals surface area contributed by atoms with Crippen molar-refractivity contribution in [2.45, 2.75) is 46.6 Å². The number of benzene rings is 2. The van der Waals surface area contributed by atoms with E-state index in [0.717, 1.165) is 16.7 Å². The van der Waals surface area contributed by atoms with E-state index in [1.807, 2.05) is 26.0 Å². The summed E-state index contributed by atoms with van der Waals surface area (Å²) in [6.07, 6.45) is 0. The molecule has 0 fully saturated rings. The fraction of sp³-hybridized carbons (Fsp3) is 0.429. The van der Waals surface area contributed by atoms with Gasteiger partial charge in [0.15, 0.2) is 0 Å². The zero-order chi connectivity index (χ0) is 18.3. The van der Waals surface area contributed by atoms with E-state index in [0.29, 0.717) is 17.9 Å². The van der Waals surface area contributed by atoms with Crippen molar-refractivity contribution < 1.29 is 13.9 Å². The SMILES string of the molecule is CC.COCc1ccc(C(C)(C)C)c(-c2cc(OC)ccc2F)c1. The van der Waals surface area contributed by atoms with Crippen molar-refractivity contribution in [2.24, 2.45) is 0 Å². The van der Waals surface area contributed by atoms with Crippen molar-refractivity contribution in [3.8, 4) is 16.9 Å². The molecule has 0 N–H and O–H groups in total. The number of rotatable bonds is 4. The predicted molar refractivity (Wildman–Crippen MR) is 99.1 cm³/mol. The summed E-state index contributed by atoms with van der Waals surface area (Å²) < 4.78 is 24.8. The molecule has 0 aliphatic rings. The molecule has 0 saturated carbocycles. The third-order valence-electron chi connectivity index (χ3n) is 3.67. The molecule has 2 nitrogen and oxygen atoms in total. The summed E-state index contributed by atoms with van der Waals surface area (Å²) in [5.74, 6) is 0.397. The first-order valence-corrected chi connectivity index (χ1v) is 8.33. The Morgan fingerprint density at radius 3 is 2.12 bits per heavy atom. The summed E-state index contributed by atoms with van der Waals surface area (Å²) in [4.78, 5) is 0. The Morgan fingerprint density at radius 2 is 1.58 bits per heavy atom. The van der Waals surface area contributed by atoms with Gasteiger partial charge in [0.2, 0.25) is 0 Å². The first-order valence-electron chi connectivity index (χ1n) is 8.33. The van der Waals surface area contributed by atoms with Gasteiger partial charge in [-0.3, -0.25) is 0 Å². The summed E-state index contributed by atoms with van der Waals surface area (Å²) in [6.45, 7) is 10.9. The van der Waals surface area contributed by atoms with Crippen LogP contribution < -0.4 is 4.74 Å². The normalized spacial score (nSPS) is 10.8. The lowest BCUT2D eigenvalue weighted by molar-refractivity contribution is 0.185. The van der Waals surface area contributed by atoms with Gasteiger partial charge in [0.1, 0.15) is 11.6 Å². The maximum absolute atomic E-state index is 14.4. The van der Waals surface area contributed by atoms with Crippen LogP contribution in [0.2, 0.25) is 0 Å². The van der Waals surface area contributed by atoms with Gasteiger partial charge in [0.25, 0.3) is 0 Å². The summed E-state index contributed by atoms with van der Waals surface area (Å²) in [5, 5.41) is 0. The van der Waals surface area contributed by atoms with Crippen LogP contribution in [0.5, 0.6) is 5.75 Å². The van der Waals surface area contributed by atoms with Gasteiger partial charge in [-0.2, -0.15) is 0 Å². The molecule has 2 aromatic rings. The van der Waals surface area contributed by atoms with Crippen LogP contribution in [-0.2, 0) is 16.8 Å². The highest BCUT2D eigenvalue weighted by Gasteiger charge is 2.21. The Morgan fingerprint density at radius 1 is 0.917 bits per heavy atom. The van der Waals surface area contributed by atoms with Crippen LogP contribution in [0, 0.1) is 5.82 Å². The topological polar surface area (TPSA) is 18.5 Å². The molecule has 132 valence electrons.